The van der Waals surface area contributed by atoms with Crippen molar-refractivity contribution in [3.8, 4) is 6.07 Å². The van der Waals surface area contributed by atoms with Crippen molar-refractivity contribution in [3.63, 3.8) is 0 Å². The highest BCUT2D eigenvalue weighted by molar-refractivity contribution is 5.86. The van der Waals surface area contributed by atoms with Crippen molar-refractivity contribution < 1.29 is 40.6 Å². The van der Waals surface area contributed by atoms with Crippen molar-refractivity contribution >= 4 is 22.8 Å². The van der Waals surface area contributed by atoms with E-state index < -0.39 is 66.4 Å². The zero-order chi connectivity index (χ0) is 25.3. The Labute approximate surface area is 188 Å². The van der Waals surface area contributed by atoms with Crippen molar-refractivity contribution in [2.45, 2.75) is 44.2 Å². The van der Waals surface area contributed by atoms with Crippen LogP contribution >= 0.6 is 0 Å². The monoisotopic (exact) mass is 463 g/mol. The minimum Gasteiger partial charge on any atom is -0.478 e. The molecule has 1 aliphatic rings. The molecule has 11 nitrogen and oxygen atoms in total. The number of carboxylic acid groups (broad SMARTS) is 1. The molecule has 0 unspecified atom stereocenters. The molecular formula is C21H23FN4O7. The Morgan fingerprint density at radius 2 is 2.12 bits per heavy atom. The molecule has 0 bridgehead atoms. The van der Waals surface area contributed by atoms with Crippen molar-refractivity contribution in [1.82, 2.24) is 15.1 Å². The third-order valence-electron chi connectivity index (χ3n) is 5.24. The minimum atomic E-state index is -1.94. The van der Waals surface area contributed by atoms with E-state index in [4.69, 9.17) is 6.15 Å². The number of aliphatic carboxylic acids is 1. The number of benzene rings is 1. The van der Waals surface area contributed by atoms with Gasteiger partial charge in [-0.3, -0.25) is 4.79 Å². The van der Waals surface area contributed by atoms with Crippen molar-refractivity contribution in [2.24, 2.45) is 5.92 Å². The lowest BCUT2D eigenvalue weighted by molar-refractivity contribution is -0.147. The van der Waals surface area contributed by atoms with Crippen LogP contribution in [0.5, 0.6) is 0 Å². The molecule has 2 aromatic rings. The molecule has 1 aromatic heterocycles. The summed E-state index contributed by atoms with van der Waals surface area (Å²) in [4.78, 5) is 24.5. The predicted molar refractivity (Wildman–Crippen MR) is 110 cm³/mol. The number of amides is 1. The zero-order valence-electron chi connectivity index (χ0n) is 18.7. The number of aliphatic hydroxyl groups is 3. The molecule has 0 saturated heterocycles. The topological polar surface area (TPSA) is 178 Å². The summed E-state index contributed by atoms with van der Waals surface area (Å²) in [5.74, 6) is -4.50. The normalized spacial score (nSPS) is 22.7. The molecule has 0 aliphatic carbocycles. The molecule has 5 atom stereocenters. The van der Waals surface area contributed by atoms with Gasteiger partial charge in [0.25, 0.3) is 0 Å². The molecule has 3 rings (SSSR count). The third kappa shape index (κ3) is 4.51. The van der Waals surface area contributed by atoms with Gasteiger partial charge in [0.1, 0.15) is 35.6 Å². The standard InChI is InChI=1S/C21H23FN4O7/c1-9(2)20(30)24-17-12(6-15(21(31)32)33-19(17)18(29)14(28)8-27)26-13(7-23)10-4-3-5-11(22)16(10)25-26/h3-6,9,12,14,17-19,27-29H,8H2,1-2H3,(H,24,30)(H,31,32)/t12-,14+,17+,18+,19+/m0/s1/i/hD. The fraction of sp³-hybridized carbons (Fsp3) is 0.429. The smallest absolute Gasteiger partial charge is 0.370 e. The van der Waals surface area contributed by atoms with Crippen molar-refractivity contribution in [3.05, 3.63) is 41.5 Å². The third-order valence-corrected chi connectivity index (χ3v) is 5.24. The van der Waals surface area contributed by atoms with E-state index in [0.29, 0.717) is 5.31 Å². The van der Waals surface area contributed by atoms with E-state index in [-0.39, 0.29) is 16.6 Å². The number of nitriles is 1. The minimum absolute atomic E-state index is 0.109. The summed E-state index contributed by atoms with van der Waals surface area (Å²) in [5, 5.41) is 53.9. The second kappa shape index (κ2) is 9.53. The highest BCUT2D eigenvalue weighted by Gasteiger charge is 2.45. The van der Waals surface area contributed by atoms with Crippen LogP contribution < -0.4 is 5.31 Å². The molecule has 2 heterocycles. The lowest BCUT2D eigenvalue weighted by atomic mass is 9.91. The van der Waals surface area contributed by atoms with Crippen molar-refractivity contribution in [1.29, 1.82) is 5.26 Å². The first-order valence-corrected chi connectivity index (χ1v) is 10.0. The first-order chi connectivity index (χ1) is 16.0. The molecule has 0 fully saturated rings. The maximum atomic E-state index is 14.4. The van der Waals surface area contributed by atoms with E-state index >= 15 is 0 Å². The van der Waals surface area contributed by atoms with Gasteiger partial charge in [-0.2, -0.15) is 10.4 Å². The molecule has 1 amide bonds. The number of hydrogen-bond acceptors (Lipinski definition) is 8. The number of ether oxygens (including phenoxy) is 1. The number of nitrogens with zero attached hydrogens (tertiary/aromatic N) is 3. The zero-order valence-corrected chi connectivity index (χ0v) is 17.7. The lowest BCUT2D eigenvalue weighted by Gasteiger charge is -2.40. The fourth-order valence-electron chi connectivity index (χ4n) is 3.50. The number of aromatic nitrogens is 2. The van der Waals surface area contributed by atoms with E-state index in [0.717, 1.165) is 16.8 Å². The number of aliphatic hydroxyl groups excluding tert-OH is 3. The number of fused-ring (bicyclic) bond motifs is 1. The average Bonchev–Trinajstić information content (AvgIpc) is 3.20. The van der Waals surface area contributed by atoms with E-state index in [1.165, 1.54) is 26.0 Å². The Morgan fingerprint density at radius 3 is 2.70 bits per heavy atom. The highest BCUT2D eigenvalue weighted by atomic mass is 19.1. The second-order valence-corrected chi connectivity index (χ2v) is 7.80. The van der Waals surface area contributed by atoms with E-state index in [1.807, 2.05) is 6.07 Å². The van der Waals surface area contributed by atoms with Crippen LogP contribution in [0.15, 0.2) is 30.0 Å². The molecule has 1 aromatic carbocycles. The summed E-state index contributed by atoms with van der Waals surface area (Å²) < 4.78 is 29.2. The van der Waals surface area contributed by atoms with Gasteiger partial charge in [-0.15, -0.1) is 0 Å². The molecule has 0 saturated carbocycles. The molecule has 1 aliphatic heterocycles. The number of halogens is 1. The Balaban J connectivity index is 2.30. The van der Waals surface area contributed by atoms with Gasteiger partial charge in [0.05, 0.1) is 18.7 Å². The Hall–Kier alpha value is -3.53. The quantitative estimate of drug-likeness (QED) is 0.372. The van der Waals surface area contributed by atoms with Crippen molar-refractivity contribution in [2.75, 3.05) is 6.61 Å². The molecule has 12 heteroatoms. The van der Waals surface area contributed by atoms with Crippen LogP contribution in [0.2, 0.25) is 1.41 Å². The Morgan fingerprint density at radius 1 is 1.42 bits per heavy atom. The van der Waals surface area contributed by atoms with Crippen LogP contribution in [-0.4, -0.2) is 73.0 Å². The van der Waals surface area contributed by atoms with Crippen LogP contribution in [0.4, 0.5) is 4.39 Å². The summed E-state index contributed by atoms with van der Waals surface area (Å²) in [6.07, 6.45) is -4.50. The maximum absolute atomic E-state index is 14.4. The van der Waals surface area contributed by atoms with Crippen LogP contribution in [0.1, 0.15) is 25.6 Å². The number of carbonyl (C=O) groups is 2. The number of hydrogen-bond donors (Lipinski definition) is 5. The molecule has 5 N–H and O–H groups in total. The molecule has 33 heavy (non-hydrogen) atoms. The summed E-state index contributed by atoms with van der Waals surface area (Å²) in [6, 6.07) is 2.85. The van der Waals surface area contributed by atoms with Gasteiger partial charge in [-0.1, -0.05) is 19.9 Å². The first-order valence-electron chi connectivity index (χ1n) is 10.5. The number of carboxylic acids is 1. The van der Waals surface area contributed by atoms with Gasteiger partial charge in [0.15, 0.2) is 7.23 Å². The van der Waals surface area contributed by atoms with E-state index in [1.54, 1.807) is 0 Å². The van der Waals surface area contributed by atoms with E-state index in [9.17, 15) is 39.7 Å². The van der Waals surface area contributed by atoms with Gasteiger partial charge in [0.2, 0.25) is 11.7 Å². The molecule has 176 valence electrons. The highest BCUT2D eigenvalue weighted by Crippen LogP contribution is 2.33. The van der Waals surface area contributed by atoms with Crippen LogP contribution in [0.3, 0.4) is 0 Å². The number of carbonyl (C=O) groups excluding carboxylic acids is 1. The van der Waals surface area contributed by atoms with Gasteiger partial charge in [-0.25, -0.2) is 13.9 Å². The van der Waals surface area contributed by atoms with Gasteiger partial charge in [-0.05, 0) is 18.2 Å². The maximum Gasteiger partial charge on any atom is 0.370 e. The van der Waals surface area contributed by atoms with Crippen LogP contribution in [0.25, 0.3) is 10.9 Å². The number of nitrogens with one attached hydrogen (secondary N) is 1. The molecule has 0 spiro atoms. The largest absolute Gasteiger partial charge is 0.478 e. The fourth-order valence-corrected chi connectivity index (χ4v) is 3.50. The molecule has 0 radical (unpaired) electrons. The summed E-state index contributed by atoms with van der Waals surface area (Å²) in [7, 11) is 0. The van der Waals surface area contributed by atoms with Gasteiger partial charge >= 0.3 is 5.97 Å². The molecular weight excluding hydrogens is 439 g/mol. The summed E-state index contributed by atoms with van der Waals surface area (Å²) in [6.45, 7) is 2.09. The Bertz CT molecular complexity index is 1180. The van der Waals surface area contributed by atoms with Crippen LogP contribution in [0, 0.1) is 23.1 Å². The van der Waals surface area contributed by atoms with E-state index in [2.05, 4.69) is 5.10 Å². The van der Waals surface area contributed by atoms with Crippen LogP contribution in [-0.2, 0) is 14.3 Å². The van der Waals surface area contributed by atoms with Gasteiger partial charge in [0, 0.05) is 11.3 Å². The van der Waals surface area contributed by atoms with Gasteiger partial charge < -0.3 is 30.5 Å². The number of rotatable bonds is 7. The predicted octanol–water partition coefficient (Wildman–Crippen LogP) is -0.190. The lowest BCUT2D eigenvalue weighted by Crippen LogP contribution is -2.59. The first kappa shape index (κ1) is 22.7. The average molecular weight is 463 g/mol. The SMILES string of the molecule is [2H]N(C(=O)C(C)C)[C@H]1[C@H]([C@H](O)[C@H](O)CO)OC(C(=O)O)=C[C@@H]1n1nc2c(F)cccc2c1C#N. The Kier molecular flexibility index (Phi) is 6.55. The summed E-state index contributed by atoms with van der Waals surface area (Å²) in [5.41, 5.74) is -0.387. The second-order valence-electron chi connectivity index (χ2n) is 7.80. The summed E-state index contributed by atoms with van der Waals surface area (Å²) >= 11 is 0.